The molecule has 1 spiro atoms. The van der Waals surface area contributed by atoms with Gasteiger partial charge in [-0.1, -0.05) is 18.6 Å². The first-order valence-electron chi connectivity index (χ1n) is 10.6. The fourth-order valence-corrected chi connectivity index (χ4v) is 4.89. The van der Waals surface area contributed by atoms with Crippen molar-refractivity contribution in [3.63, 3.8) is 0 Å². The molecule has 3 fully saturated rings. The van der Waals surface area contributed by atoms with Crippen molar-refractivity contribution in [3.05, 3.63) is 29.8 Å². The summed E-state index contributed by atoms with van der Waals surface area (Å²) in [5.74, 6) is 1.95. The molecule has 6 nitrogen and oxygen atoms in total. The van der Waals surface area contributed by atoms with Crippen molar-refractivity contribution in [1.29, 1.82) is 0 Å². The van der Waals surface area contributed by atoms with Gasteiger partial charge in [-0.15, -0.1) is 24.0 Å². The van der Waals surface area contributed by atoms with E-state index in [-0.39, 0.29) is 24.0 Å². The third-order valence-corrected chi connectivity index (χ3v) is 6.80. The van der Waals surface area contributed by atoms with E-state index in [9.17, 15) is 0 Å². The van der Waals surface area contributed by atoms with E-state index in [0.29, 0.717) is 11.5 Å². The van der Waals surface area contributed by atoms with Crippen molar-refractivity contribution in [1.82, 2.24) is 15.1 Å². The average molecular weight is 514 g/mol. The Bertz CT molecular complexity index is 672. The molecule has 1 unspecified atom stereocenters. The van der Waals surface area contributed by atoms with Crippen LogP contribution in [0.25, 0.3) is 0 Å². The second-order valence-corrected chi connectivity index (χ2v) is 8.39. The Morgan fingerprint density at radius 2 is 1.90 bits per heavy atom. The van der Waals surface area contributed by atoms with Crippen LogP contribution >= 0.6 is 24.0 Å². The number of aliphatic imine (C=N–C) groups is 1. The highest BCUT2D eigenvalue weighted by Gasteiger charge is 2.43. The van der Waals surface area contributed by atoms with Crippen LogP contribution in [0, 0.1) is 5.41 Å². The van der Waals surface area contributed by atoms with Crippen LogP contribution in [-0.2, 0) is 4.74 Å². The normalized spacial score (nSPS) is 22.7. The van der Waals surface area contributed by atoms with Crippen molar-refractivity contribution in [2.75, 3.05) is 60.1 Å². The fourth-order valence-electron chi connectivity index (χ4n) is 4.89. The number of nitrogens with one attached hydrogen (secondary N) is 1. The molecular weight excluding hydrogens is 479 g/mol. The van der Waals surface area contributed by atoms with Gasteiger partial charge in [0.2, 0.25) is 0 Å². The first kappa shape index (κ1) is 22.6. The van der Waals surface area contributed by atoms with E-state index in [1.165, 1.54) is 31.2 Å². The summed E-state index contributed by atoms with van der Waals surface area (Å²) in [6, 6.07) is 8.77. The van der Waals surface area contributed by atoms with Crippen molar-refractivity contribution < 1.29 is 9.47 Å². The minimum Gasteiger partial charge on any atom is -0.497 e. The number of ether oxygens (including phenoxy) is 2. The number of methoxy groups -OCH3 is 1. The molecule has 2 saturated heterocycles. The molecule has 4 rings (SSSR count). The zero-order valence-electron chi connectivity index (χ0n) is 17.7. The zero-order chi connectivity index (χ0) is 19.4. The molecule has 0 bridgehead atoms. The second-order valence-electron chi connectivity index (χ2n) is 8.39. The first-order chi connectivity index (χ1) is 13.7. The lowest BCUT2D eigenvalue weighted by atomic mass is 9.68. The topological polar surface area (TPSA) is 49.3 Å². The summed E-state index contributed by atoms with van der Waals surface area (Å²) in [6.45, 7) is 6.67. The molecule has 1 aliphatic carbocycles. The molecule has 2 heterocycles. The first-order valence-corrected chi connectivity index (χ1v) is 10.6. The maximum absolute atomic E-state index is 5.58. The van der Waals surface area contributed by atoms with Crippen LogP contribution in [0.4, 0.5) is 0 Å². The molecule has 1 aromatic rings. The quantitative estimate of drug-likeness (QED) is 0.372. The molecule has 162 valence electrons. The second kappa shape index (κ2) is 10.3. The fraction of sp³-hybridized carbons (Fsp3) is 0.682. The summed E-state index contributed by atoms with van der Waals surface area (Å²) in [5.41, 5.74) is 1.89. The van der Waals surface area contributed by atoms with E-state index in [0.717, 1.165) is 57.6 Å². The maximum atomic E-state index is 5.58. The molecule has 0 aromatic heterocycles. The van der Waals surface area contributed by atoms with E-state index < -0.39 is 0 Å². The predicted molar refractivity (Wildman–Crippen MR) is 127 cm³/mol. The Morgan fingerprint density at radius 3 is 2.45 bits per heavy atom. The third kappa shape index (κ3) is 5.17. The van der Waals surface area contributed by atoms with E-state index in [1.54, 1.807) is 7.11 Å². The van der Waals surface area contributed by atoms with Gasteiger partial charge in [-0.05, 0) is 42.4 Å². The van der Waals surface area contributed by atoms with Crippen LogP contribution in [0.2, 0.25) is 0 Å². The maximum Gasteiger partial charge on any atom is 0.193 e. The van der Waals surface area contributed by atoms with Crippen LogP contribution in [0.5, 0.6) is 5.75 Å². The van der Waals surface area contributed by atoms with E-state index in [2.05, 4.69) is 44.4 Å². The number of hydrogen-bond acceptors (Lipinski definition) is 4. The number of morpholine rings is 1. The highest BCUT2D eigenvalue weighted by molar-refractivity contribution is 14.0. The molecule has 2 aliphatic heterocycles. The number of halogens is 1. The van der Waals surface area contributed by atoms with Gasteiger partial charge in [0.05, 0.1) is 26.4 Å². The molecule has 29 heavy (non-hydrogen) atoms. The highest BCUT2D eigenvalue weighted by atomic mass is 127. The Kier molecular flexibility index (Phi) is 8.04. The summed E-state index contributed by atoms with van der Waals surface area (Å²) in [6.07, 6.45) is 5.50. The van der Waals surface area contributed by atoms with Gasteiger partial charge in [0.15, 0.2) is 5.96 Å². The minimum absolute atomic E-state index is 0. The van der Waals surface area contributed by atoms with Crippen molar-refractivity contribution in [3.8, 4) is 5.75 Å². The lowest BCUT2D eigenvalue weighted by molar-refractivity contribution is 0.0169. The monoisotopic (exact) mass is 514 g/mol. The largest absolute Gasteiger partial charge is 0.497 e. The van der Waals surface area contributed by atoms with Gasteiger partial charge in [0, 0.05) is 39.8 Å². The number of likely N-dealkylation sites (tertiary alicyclic amines) is 1. The van der Waals surface area contributed by atoms with Gasteiger partial charge >= 0.3 is 0 Å². The Hall–Kier alpha value is -1.06. The SMILES string of the molecule is CN=C(NCC(c1ccc(OC)cc1)N1CCOCC1)N1CCC2(CCC2)C1.I. The molecule has 7 heteroatoms. The standard InChI is InChI=1S/C22H34N4O2.HI/c1-23-21(26-11-10-22(17-26)8-3-9-22)24-16-20(25-12-14-28-15-13-25)18-4-6-19(27-2)7-5-18;/h4-7,20H,3,8-17H2,1-2H3,(H,23,24);1H. The van der Waals surface area contributed by atoms with Crippen LogP contribution < -0.4 is 10.1 Å². The van der Waals surface area contributed by atoms with Crippen LogP contribution in [0.1, 0.15) is 37.3 Å². The zero-order valence-corrected chi connectivity index (χ0v) is 20.1. The molecule has 1 atom stereocenters. The number of hydrogen-bond donors (Lipinski definition) is 1. The summed E-state index contributed by atoms with van der Waals surface area (Å²) >= 11 is 0. The van der Waals surface area contributed by atoms with Crippen molar-refractivity contribution in [2.45, 2.75) is 31.7 Å². The number of rotatable bonds is 5. The number of benzene rings is 1. The van der Waals surface area contributed by atoms with Crippen molar-refractivity contribution in [2.24, 2.45) is 10.4 Å². The Labute approximate surface area is 192 Å². The molecular formula is C22H35IN4O2. The number of nitrogens with zero attached hydrogens (tertiary/aromatic N) is 3. The van der Waals surface area contributed by atoms with E-state index in [1.807, 2.05) is 7.05 Å². The predicted octanol–water partition coefficient (Wildman–Crippen LogP) is 3.14. The summed E-state index contributed by atoms with van der Waals surface area (Å²) in [5, 5.41) is 3.68. The van der Waals surface area contributed by atoms with E-state index >= 15 is 0 Å². The molecule has 0 radical (unpaired) electrons. The van der Waals surface area contributed by atoms with E-state index in [4.69, 9.17) is 9.47 Å². The number of guanidine groups is 1. The van der Waals surface area contributed by atoms with Crippen LogP contribution in [0.15, 0.2) is 29.3 Å². The highest BCUT2D eigenvalue weighted by Crippen LogP contribution is 2.47. The lowest BCUT2D eigenvalue weighted by Crippen LogP contribution is -2.47. The summed E-state index contributed by atoms with van der Waals surface area (Å²) in [7, 11) is 3.62. The Morgan fingerprint density at radius 1 is 1.17 bits per heavy atom. The molecule has 0 amide bonds. The lowest BCUT2D eigenvalue weighted by Gasteiger charge is -2.38. The van der Waals surface area contributed by atoms with Gasteiger partial charge in [0.25, 0.3) is 0 Å². The smallest absolute Gasteiger partial charge is 0.193 e. The van der Waals surface area contributed by atoms with Gasteiger partial charge < -0.3 is 19.7 Å². The average Bonchev–Trinajstić information content (AvgIpc) is 3.18. The van der Waals surface area contributed by atoms with Gasteiger partial charge in [-0.25, -0.2) is 0 Å². The third-order valence-electron chi connectivity index (χ3n) is 6.80. The van der Waals surface area contributed by atoms with Crippen LogP contribution in [0.3, 0.4) is 0 Å². The van der Waals surface area contributed by atoms with Gasteiger partial charge in [0.1, 0.15) is 5.75 Å². The van der Waals surface area contributed by atoms with Gasteiger partial charge in [-0.3, -0.25) is 9.89 Å². The molecule has 1 N–H and O–H groups in total. The van der Waals surface area contributed by atoms with Crippen molar-refractivity contribution >= 4 is 29.9 Å². The molecule has 3 aliphatic rings. The van der Waals surface area contributed by atoms with Crippen LogP contribution in [-0.4, -0.2) is 75.9 Å². The summed E-state index contributed by atoms with van der Waals surface area (Å²) < 4.78 is 10.9. The summed E-state index contributed by atoms with van der Waals surface area (Å²) in [4.78, 5) is 9.58. The van der Waals surface area contributed by atoms with Gasteiger partial charge in [-0.2, -0.15) is 0 Å². The Balaban J connectivity index is 0.00000240. The molecule has 1 aromatic carbocycles. The minimum atomic E-state index is 0. The molecule has 1 saturated carbocycles.